The highest BCUT2D eigenvalue weighted by atomic mass is 16.2. The van der Waals surface area contributed by atoms with Gasteiger partial charge in [0.15, 0.2) is 5.69 Å². The van der Waals surface area contributed by atoms with Gasteiger partial charge in [-0.05, 0) is 26.7 Å². The number of anilines is 1. The van der Waals surface area contributed by atoms with Crippen LogP contribution in [0.15, 0.2) is 12.7 Å². The third-order valence-electron chi connectivity index (χ3n) is 3.23. The lowest BCUT2D eigenvalue weighted by atomic mass is 10.2. The maximum absolute atomic E-state index is 12.4. The fraction of sp³-hybridized carbons (Fsp3) is 0.538. The molecule has 1 aromatic heterocycles. The molecule has 2 rings (SSSR count). The van der Waals surface area contributed by atoms with Crippen molar-refractivity contribution in [2.45, 2.75) is 38.6 Å². The Morgan fingerprint density at radius 2 is 2.33 bits per heavy atom. The Morgan fingerprint density at radius 3 is 2.83 bits per heavy atom. The third kappa shape index (κ3) is 2.25. The number of carbonyl (C=O) groups is 1. The van der Waals surface area contributed by atoms with E-state index < -0.39 is 0 Å². The Bertz CT molecular complexity index is 460. The van der Waals surface area contributed by atoms with Gasteiger partial charge in [-0.1, -0.05) is 6.08 Å². The van der Waals surface area contributed by atoms with Gasteiger partial charge in [0.25, 0.3) is 5.91 Å². The van der Waals surface area contributed by atoms with E-state index in [1.165, 1.54) is 0 Å². The van der Waals surface area contributed by atoms with Crippen LogP contribution in [-0.4, -0.2) is 33.6 Å². The number of aromatic amines is 1. The summed E-state index contributed by atoms with van der Waals surface area (Å²) in [6, 6.07) is 0.0935. The first-order chi connectivity index (χ1) is 8.56. The second kappa shape index (κ2) is 4.84. The second-order valence-corrected chi connectivity index (χ2v) is 5.01. The van der Waals surface area contributed by atoms with Crippen LogP contribution >= 0.6 is 0 Å². The summed E-state index contributed by atoms with van der Waals surface area (Å²) in [5.41, 5.74) is 7.78. The van der Waals surface area contributed by atoms with E-state index in [4.69, 9.17) is 5.73 Å². The van der Waals surface area contributed by atoms with E-state index in [9.17, 15) is 4.79 Å². The molecule has 0 saturated heterocycles. The quantitative estimate of drug-likeness (QED) is 0.781. The highest BCUT2D eigenvalue weighted by Crippen LogP contribution is 2.42. The molecule has 1 aromatic rings. The molecule has 0 aromatic carbocycles. The van der Waals surface area contributed by atoms with Crippen molar-refractivity contribution in [2.75, 3.05) is 12.3 Å². The third-order valence-corrected chi connectivity index (χ3v) is 3.23. The predicted molar refractivity (Wildman–Crippen MR) is 71.3 cm³/mol. The molecule has 18 heavy (non-hydrogen) atoms. The van der Waals surface area contributed by atoms with Crippen LogP contribution in [0.25, 0.3) is 0 Å². The number of nitrogen functional groups attached to an aromatic ring is 1. The Balaban J connectivity index is 2.23. The molecule has 0 aliphatic heterocycles. The zero-order valence-corrected chi connectivity index (χ0v) is 10.9. The minimum Gasteiger partial charge on any atom is -0.395 e. The summed E-state index contributed by atoms with van der Waals surface area (Å²) < 4.78 is 0. The number of carbonyl (C=O) groups excluding carboxylic acids is 1. The lowest BCUT2D eigenvalue weighted by Gasteiger charge is -2.24. The fourth-order valence-corrected chi connectivity index (χ4v) is 2.01. The number of nitrogens with two attached hydrogens (primary N) is 1. The zero-order chi connectivity index (χ0) is 13.3. The lowest BCUT2D eigenvalue weighted by molar-refractivity contribution is 0.0724. The average Bonchev–Trinajstić information content (AvgIpc) is 3.09. The number of nitrogens with one attached hydrogen (secondary N) is 1. The van der Waals surface area contributed by atoms with Crippen molar-refractivity contribution in [3.63, 3.8) is 0 Å². The topological polar surface area (TPSA) is 75.0 Å². The molecule has 1 aliphatic carbocycles. The molecule has 3 N–H and O–H groups in total. The maximum Gasteiger partial charge on any atom is 0.277 e. The average molecular weight is 248 g/mol. The summed E-state index contributed by atoms with van der Waals surface area (Å²) in [5.74, 6) is 0.330. The van der Waals surface area contributed by atoms with Crippen molar-refractivity contribution in [1.82, 2.24) is 15.1 Å². The van der Waals surface area contributed by atoms with Gasteiger partial charge in [0, 0.05) is 18.5 Å². The van der Waals surface area contributed by atoms with E-state index in [2.05, 4.69) is 16.8 Å². The van der Waals surface area contributed by atoms with Crippen LogP contribution in [0.1, 0.15) is 48.8 Å². The smallest absolute Gasteiger partial charge is 0.277 e. The van der Waals surface area contributed by atoms with Crippen LogP contribution in [0, 0.1) is 0 Å². The minimum atomic E-state index is -0.134. The minimum absolute atomic E-state index is 0.0935. The molecule has 0 spiro atoms. The Kier molecular flexibility index (Phi) is 3.41. The van der Waals surface area contributed by atoms with Crippen molar-refractivity contribution < 1.29 is 4.79 Å². The molecule has 0 atom stereocenters. The first-order valence-electron chi connectivity index (χ1n) is 6.31. The van der Waals surface area contributed by atoms with Crippen molar-refractivity contribution >= 4 is 11.6 Å². The largest absolute Gasteiger partial charge is 0.395 e. The Hall–Kier alpha value is -1.78. The number of rotatable bonds is 5. The van der Waals surface area contributed by atoms with Gasteiger partial charge in [-0.3, -0.25) is 9.89 Å². The highest BCUT2D eigenvalue weighted by molar-refractivity contribution is 5.98. The Morgan fingerprint density at radius 1 is 1.67 bits per heavy atom. The van der Waals surface area contributed by atoms with Gasteiger partial charge in [0.1, 0.15) is 0 Å². The molecule has 1 aliphatic rings. The molecular weight excluding hydrogens is 228 g/mol. The van der Waals surface area contributed by atoms with E-state index >= 15 is 0 Å². The molecule has 1 fully saturated rings. The molecule has 5 nitrogen and oxygen atoms in total. The van der Waals surface area contributed by atoms with Gasteiger partial charge in [-0.25, -0.2) is 0 Å². The van der Waals surface area contributed by atoms with Crippen molar-refractivity contribution in [2.24, 2.45) is 0 Å². The van der Waals surface area contributed by atoms with Crippen molar-refractivity contribution in [3.05, 3.63) is 24.0 Å². The van der Waals surface area contributed by atoms with Crippen molar-refractivity contribution in [3.8, 4) is 0 Å². The number of hydrogen-bond acceptors (Lipinski definition) is 3. The second-order valence-electron chi connectivity index (χ2n) is 5.01. The van der Waals surface area contributed by atoms with Crippen LogP contribution in [0.3, 0.4) is 0 Å². The number of aromatic nitrogens is 2. The molecule has 0 bridgehead atoms. The monoisotopic (exact) mass is 248 g/mol. The summed E-state index contributed by atoms with van der Waals surface area (Å²) >= 11 is 0. The highest BCUT2D eigenvalue weighted by Gasteiger charge is 2.31. The van der Waals surface area contributed by atoms with Gasteiger partial charge in [-0.15, -0.1) is 6.58 Å². The van der Waals surface area contributed by atoms with E-state index in [0.29, 0.717) is 23.8 Å². The molecular formula is C13H20N4O. The van der Waals surface area contributed by atoms with Crippen molar-refractivity contribution in [1.29, 1.82) is 0 Å². The summed E-state index contributed by atoms with van der Waals surface area (Å²) in [6.07, 6.45) is 3.96. The van der Waals surface area contributed by atoms with Gasteiger partial charge < -0.3 is 10.6 Å². The van der Waals surface area contributed by atoms with Gasteiger partial charge in [0.05, 0.1) is 11.4 Å². The summed E-state index contributed by atoms with van der Waals surface area (Å²) in [6.45, 7) is 8.10. The van der Waals surface area contributed by atoms with Gasteiger partial charge >= 0.3 is 0 Å². The van der Waals surface area contributed by atoms with Crippen LogP contribution in [0.2, 0.25) is 0 Å². The fourth-order valence-electron chi connectivity index (χ4n) is 2.01. The number of H-pyrrole nitrogens is 1. The molecule has 98 valence electrons. The normalized spacial score (nSPS) is 14.8. The standard InChI is InChI=1S/C13H20N4O/c1-4-7-17(8(2)3)13(18)12-10(14)11(15-16-12)9-5-6-9/h4,8-9H,1,5-7,14H2,2-3H3,(H,15,16). The number of amides is 1. The van der Waals surface area contributed by atoms with E-state index in [1.54, 1.807) is 11.0 Å². The summed E-state index contributed by atoms with van der Waals surface area (Å²) in [5, 5.41) is 6.99. The molecule has 1 amide bonds. The van der Waals surface area contributed by atoms with E-state index in [1.807, 2.05) is 13.8 Å². The molecule has 5 heteroatoms. The summed E-state index contributed by atoms with van der Waals surface area (Å²) in [7, 11) is 0. The predicted octanol–water partition coefficient (Wildman–Crippen LogP) is 1.91. The number of nitrogens with zero attached hydrogens (tertiary/aromatic N) is 2. The Labute approximate surface area is 107 Å². The molecule has 1 heterocycles. The molecule has 0 unspecified atom stereocenters. The first kappa shape index (κ1) is 12.7. The zero-order valence-electron chi connectivity index (χ0n) is 10.9. The van der Waals surface area contributed by atoms with E-state index in [-0.39, 0.29) is 11.9 Å². The maximum atomic E-state index is 12.4. The SMILES string of the molecule is C=CCN(C(=O)c1n[nH]c(C2CC2)c1N)C(C)C. The van der Waals surface area contributed by atoms with Crippen LogP contribution in [0.4, 0.5) is 5.69 Å². The van der Waals surface area contributed by atoms with E-state index in [0.717, 1.165) is 18.5 Å². The van der Waals surface area contributed by atoms with Gasteiger partial charge in [0.2, 0.25) is 0 Å². The first-order valence-corrected chi connectivity index (χ1v) is 6.31. The van der Waals surface area contributed by atoms with Crippen LogP contribution in [-0.2, 0) is 0 Å². The van der Waals surface area contributed by atoms with Crippen LogP contribution < -0.4 is 5.73 Å². The summed E-state index contributed by atoms with van der Waals surface area (Å²) in [4.78, 5) is 14.1. The van der Waals surface area contributed by atoms with Crippen LogP contribution in [0.5, 0.6) is 0 Å². The molecule has 1 saturated carbocycles. The number of hydrogen-bond donors (Lipinski definition) is 2. The molecule has 0 radical (unpaired) electrons. The lowest BCUT2D eigenvalue weighted by Crippen LogP contribution is -2.37. The van der Waals surface area contributed by atoms with Gasteiger partial charge in [-0.2, -0.15) is 5.10 Å².